The first-order chi connectivity index (χ1) is 3.56. The third kappa shape index (κ3) is 6.48. The Labute approximate surface area is 58.3 Å². The van der Waals surface area contributed by atoms with Gasteiger partial charge in [0, 0.05) is 0 Å². The van der Waals surface area contributed by atoms with Crippen LogP contribution in [0.5, 0.6) is 0 Å². The predicted octanol–water partition coefficient (Wildman–Crippen LogP) is 0.842. The van der Waals surface area contributed by atoms with Gasteiger partial charge in [-0.1, -0.05) is 17.7 Å². The molecule has 0 radical (unpaired) electrons. The van der Waals surface area contributed by atoms with Crippen molar-refractivity contribution in [3.8, 4) is 11.2 Å². The molecule has 0 saturated heterocycles. The Bertz CT molecular complexity index is 162. The quantitative estimate of drug-likeness (QED) is 0.448. The van der Waals surface area contributed by atoms with Gasteiger partial charge in [-0.2, -0.15) is 0 Å². The number of nitrogens with two attached hydrogens (primary N) is 2. The monoisotopic (exact) mass is 166 g/mol. The molecule has 0 rings (SSSR count). The van der Waals surface area contributed by atoms with Gasteiger partial charge in [-0.25, -0.2) is 0 Å². The third-order valence-corrected chi connectivity index (χ3v) is 2.67. The first kappa shape index (κ1) is 8.48. The fraction of sp³-hybridized carbons (Fsp3) is 0.333. The lowest BCUT2D eigenvalue weighted by atomic mass is 10.9. The SMILES string of the molecule is CC#CSP(N)(N)=S. The van der Waals surface area contributed by atoms with E-state index >= 15 is 0 Å². The van der Waals surface area contributed by atoms with Crippen molar-refractivity contribution < 1.29 is 0 Å². The molecule has 0 aromatic rings. The molecular formula is C3H7N2PS2. The molecule has 46 valence electrons. The van der Waals surface area contributed by atoms with Crippen LogP contribution >= 0.6 is 16.9 Å². The van der Waals surface area contributed by atoms with Gasteiger partial charge in [-0.05, 0) is 23.6 Å². The minimum absolute atomic E-state index is 1.15. The van der Waals surface area contributed by atoms with E-state index in [1.54, 1.807) is 6.92 Å². The molecule has 5 heteroatoms. The molecule has 0 bridgehead atoms. The molecule has 0 aromatic heterocycles. The summed E-state index contributed by atoms with van der Waals surface area (Å²) in [4.78, 5) is 0. The fourth-order valence-electron chi connectivity index (χ4n) is 0.117. The van der Waals surface area contributed by atoms with Gasteiger partial charge in [0.25, 0.3) is 0 Å². The van der Waals surface area contributed by atoms with E-state index in [2.05, 4.69) is 23.0 Å². The first-order valence-corrected chi connectivity index (χ1v) is 6.20. The lowest BCUT2D eigenvalue weighted by Crippen LogP contribution is -1.97. The van der Waals surface area contributed by atoms with Crippen molar-refractivity contribution in [3.05, 3.63) is 0 Å². The minimum Gasteiger partial charge on any atom is -0.283 e. The summed E-state index contributed by atoms with van der Waals surface area (Å²) in [5.41, 5.74) is 8.47. The molecular weight excluding hydrogens is 159 g/mol. The van der Waals surface area contributed by atoms with E-state index in [4.69, 9.17) is 11.0 Å². The summed E-state index contributed by atoms with van der Waals surface area (Å²) in [5.74, 6) is 2.64. The van der Waals surface area contributed by atoms with Gasteiger partial charge >= 0.3 is 0 Å². The summed E-state index contributed by atoms with van der Waals surface area (Å²) in [5, 5.41) is 2.65. The van der Waals surface area contributed by atoms with Gasteiger partial charge in [-0.15, -0.1) is 0 Å². The van der Waals surface area contributed by atoms with Crippen LogP contribution in [-0.4, -0.2) is 0 Å². The molecule has 0 aromatic carbocycles. The van der Waals surface area contributed by atoms with E-state index in [0.29, 0.717) is 0 Å². The van der Waals surface area contributed by atoms with Crippen LogP contribution in [0.3, 0.4) is 0 Å². The second kappa shape index (κ2) is 3.49. The molecule has 4 N–H and O–H groups in total. The molecule has 0 aliphatic rings. The van der Waals surface area contributed by atoms with E-state index < -0.39 is 5.54 Å². The van der Waals surface area contributed by atoms with Crippen molar-refractivity contribution in [1.29, 1.82) is 0 Å². The standard InChI is InChI=1S/C3H7N2PS2/c1-2-3-8-6(4,5)7/h1H3,(H4,4,5,7). The Morgan fingerprint density at radius 3 is 2.25 bits per heavy atom. The Hall–Kier alpha value is 0.480. The molecule has 8 heavy (non-hydrogen) atoms. The van der Waals surface area contributed by atoms with E-state index in [1.165, 1.54) is 0 Å². The molecule has 0 fully saturated rings. The Morgan fingerprint density at radius 1 is 1.62 bits per heavy atom. The van der Waals surface area contributed by atoms with Gasteiger partial charge in [-0.3, -0.25) is 11.0 Å². The van der Waals surface area contributed by atoms with Crippen LogP contribution in [0.25, 0.3) is 0 Å². The maximum absolute atomic E-state index is 5.29. The molecule has 0 unspecified atom stereocenters. The maximum atomic E-state index is 5.29. The van der Waals surface area contributed by atoms with Crippen molar-refractivity contribution in [2.45, 2.75) is 6.92 Å². The zero-order valence-corrected chi connectivity index (χ0v) is 6.95. The predicted molar refractivity (Wildman–Crippen MR) is 43.7 cm³/mol. The topological polar surface area (TPSA) is 52.0 Å². The van der Waals surface area contributed by atoms with Crippen molar-refractivity contribution in [1.82, 2.24) is 0 Å². The number of rotatable bonds is 1. The van der Waals surface area contributed by atoms with Crippen LogP contribution in [0.2, 0.25) is 0 Å². The van der Waals surface area contributed by atoms with Crippen LogP contribution in [0, 0.1) is 11.2 Å². The second-order valence-corrected chi connectivity index (χ2v) is 7.63. The highest BCUT2D eigenvalue weighted by Gasteiger charge is 1.97. The Kier molecular flexibility index (Phi) is 3.70. The van der Waals surface area contributed by atoms with E-state index in [9.17, 15) is 0 Å². The van der Waals surface area contributed by atoms with Crippen molar-refractivity contribution in [2.24, 2.45) is 11.0 Å². The van der Waals surface area contributed by atoms with Crippen LogP contribution in [0.15, 0.2) is 0 Å². The van der Waals surface area contributed by atoms with Gasteiger partial charge in [0.2, 0.25) is 0 Å². The lowest BCUT2D eigenvalue weighted by Gasteiger charge is -2.00. The van der Waals surface area contributed by atoms with Gasteiger partial charge in [0.1, 0.15) is 5.54 Å². The minimum atomic E-state index is -2.11. The Balaban J connectivity index is 3.68. The van der Waals surface area contributed by atoms with Crippen LogP contribution < -0.4 is 11.0 Å². The molecule has 0 heterocycles. The summed E-state index contributed by atoms with van der Waals surface area (Å²) in [6.07, 6.45) is 0. The van der Waals surface area contributed by atoms with Crippen LogP contribution in [0.4, 0.5) is 0 Å². The van der Waals surface area contributed by atoms with Crippen molar-refractivity contribution in [3.63, 3.8) is 0 Å². The zero-order chi connectivity index (χ0) is 6.62. The lowest BCUT2D eigenvalue weighted by molar-refractivity contribution is 1.85. The molecule has 0 spiro atoms. The molecule has 0 aliphatic carbocycles. The smallest absolute Gasteiger partial charge is 0.134 e. The first-order valence-electron chi connectivity index (χ1n) is 1.84. The largest absolute Gasteiger partial charge is 0.283 e. The van der Waals surface area contributed by atoms with Crippen molar-refractivity contribution >= 4 is 28.7 Å². The van der Waals surface area contributed by atoms with Crippen LogP contribution in [-0.2, 0) is 11.8 Å². The molecule has 0 aliphatic heterocycles. The summed E-state index contributed by atoms with van der Waals surface area (Å²) in [7, 11) is 0. The molecule has 0 atom stereocenters. The third-order valence-electron chi connectivity index (χ3n) is 0.290. The van der Waals surface area contributed by atoms with Gasteiger partial charge in [0.15, 0.2) is 0 Å². The van der Waals surface area contributed by atoms with Crippen LogP contribution in [0.1, 0.15) is 6.92 Å². The zero-order valence-electron chi connectivity index (χ0n) is 4.42. The summed E-state index contributed by atoms with van der Waals surface area (Å²) in [6, 6.07) is 0. The highest BCUT2D eigenvalue weighted by atomic mass is 32.9. The molecule has 0 saturated carbocycles. The van der Waals surface area contributed by atoms with E-state index in [1.807, 2.05) is 0 Å². The number of hydrogen-bond donors (Lipinski definition) is 2. The van der Waals surface area contributed by atoms with Gasteiger partial charge in [0.05, 0.1) is 0 Å². The van der Waals surface area contributed by atoms with E-state index in [-0.39, 0.29) is 0 Å². The average Bonchev–Trinajstić information content (AvgIpc) is 1.59. The van der Waals surface area contributed by atoms with Gasteiger partial charge < -0.3 is 0 Å². The normalized spacial score (nSPS) is 9.88. The maximum Gasteiger partial charge on any atom is 0.134 e. The molecule has 2 nitrogen and oxygen atoms in total. The summed E-state index contributed by atoms with van der Waals surface area (Å²) in [6.45, 7) is 1.72. The molecule has 0 amide bonds. The Morgan fingerprint density at radius 2 is 2.12 bits per heavy atom. The summed E-state index contributed by atoms with van der Waals surface area (Å²) < 4.78 is 0. The van der Waals surface area contributed by atoms with Crippen molar-refractivity contribution in [2.75, 3.05) is 0 Å². The highest BCUT2D eigenvalue weighted by molar-refractivity contribution is 8.71. The fourth-order valence-corrected chi connectivity index (χ4v) is 1.39. The van der Waals surface area contributed by atoms with E-state index in [0.717, 1.165) is 11.4 Å². The average molecular weight is 166 g/mol. The highest BCUT2D eigenvalue weighted by Crippen LogP contribution is 2.41. The second-order valence-electron chi connectivity index (χ2n) is 1.09. The number of hydrogen-bond acceptors (Lipinski definition) is 2. The summed E-state index contributed by atoms with van der Waals surface area (Å²) >= 11 is 5.83.